The van der Waals surface area contributed by atoms with E-state index in [4.69, 9.17) is 14.2 Å². The third-order valence-corrected chi connectivity index (χ3v) is 8.92. The van der Waals surface area contributed by atoms with E-state index >= 15 is 0 Å². The number of carbonyl (C=O) groups is 1. The Hall–Kier alpha value is -2.43. The number of ether oxygens (including phenoxy) is 3. The molecule has 4 heteroatoms. The largest absolute Gasteiger partial charge is 0.462 e. The van der Waals surface area contributed by atoms with Crippen LogP contribution in [0.2, 0.25) is 0 Å². The van der Waals surface area contributed by atoms with Gasteiger partial charge in [0.25, 0.3) is 0 Å². The molecule has 198 valence electrons. The molecule has 0 aliphatic heterocycles. The minimum absolute atomic E-state index is 0.266. The van der Waals surface area contributed by atoms with E-state index in [0.29, 0.717) is 24.4 Å². The summed E-state index contributed by atoms with van der Waals surface area (Å²) in [6.45, 7) is 5.52. The number of esters is 1. The van der Waals surface area contributed by atoms with Crippen LogP contribution in [-0.2, 0) is 26.0 Å². The fourth-order valence-electron chi connectivity index (χ4n) is 7.74. The smallest absolute Gasteiger partial charge is 0.338 e. The van der Waals surface area contributed by atoms with Gasteiger partial charge in [-0.05, 0) is 128 Å². The number of methoxy groups -OCH3 is 1. The van der Waals surface area contributed by atoms with Crippen LogP contribution in [0.5, 0.6) is 0 Å². The second-order valence-corrected chi connectivity index (χ2v) is 11.7. The fourth-order valence-corrected chi connectivity index (χ4v) is 7.74. The maximum Gasteiger partial charge on any atom is 0.338 e. The number of hydrogen-bond donors (Lipinski definition) is 0. The highest BCUT2D eigenvalue weighted by Crippen LogP contribution is 2.61. The summed E-state index contributed by atoms with van der Waals surface area (Å²) in [5, 5.41) is 0. The van der Waals surface area contributed by atoms with Crippen molar-refractivity contribution in [1.29, 1.82) is 0 Å². The Kier molecular flexibility index (Phi) is 8.16. The first-order chi connectivity index (χ1) is 18.0. The predicted octanol–water partition coefficient (Wildman–Crippen LogP) is 7.44. The van der Waals surface area contributed by atoms with Crippen molar-refractivity contribution in [1.82, 2.24) is 0 Å². The van der Waals surface area contributed by atoms with E-state index in [9.17, 15) is 4.79 Å². The summed E-state index contributed by atoms with van der Waals surface area (Å²) in [5.74, 6) is 2.49. The third kappa shape index (κ3) is 5.86. The van der Waals surface area contributed by atoms with Gasteiger partial charge >= 0.3 is 5.97 Å². The summed E-state index contributed by atoms with van der Waals surface area (Å²) in [4.78, 5) is 12.0. The van der Waals surface area contributed by atoms with E-state index < -0.39 is 0 Å². The lowest BCUT2D eigenvalue weighted by molar-refractivity contribution is -0.0311. The van der Waals surface area contributed by atoms with Gasteiger partial charge in [0.15, 0.2) is 0 Å². The molecule has 0 amide bonds. The van der Waals surface area contributed by atoms with E-state index in [-0.39, 0.29) is 5.97 Å². The molecule has 2 aromatic rings. The molecule has 4 nitrogen and oxygen atoms in total. The van der Waals surface area contributed by atoms with Crippen molar-refractivity contribution in [2.75, 3.05) is 27.1 Å². The highest BCUT2D eigenvalue weighted by molar-refractivity contribution is 5.90. The van der Waals surface area contributed by atoms with E-state index in [1.807, 2.05) is 31.2 Å². The van der Waals surface area contributed by atoms with Gasteiger partial charge < -0.3 is 14.2 Å². The summed E-state index contributed by atoms with van der Waals surface area (Å²) in [6.07, 6.45) is 12.8. The Labute approximate surface area is 222 Å². The van der Waals surface area contributed by atoms with E-state index in [1.54, 1.807) is 12.7 Å². The Bertz CT molecular complexity index is 1080. The van der Waals surface area contributed by atoms with Crippen LogP contribution >= 0.6 is 0 Å². The van der Waals surface area contributed by atoms with Crippen molar-refractivity contribution >= 4 is 17.6 Å². The number of rotatable bonds is 11. The summed E-state index contributed by atoms with van der Waals surface area (Å²) in [5.41, 5.74) is 7.74. The first-order valence-corrected chi connectivity index (χ1v) is 14.2. The SMILES string of the molecule is CCOC(=O)c1ccc(/C=C(\C)c2ccc(CCCOCOC)c(C34CC5CC(CC(C5)C3)C4)c2)cc1. The Morgan fingerprint density at radius 1 is 0.973 bits per heavy atom. The van der Waals surface area contributed by atoms with E-state index in [1.165, 1.54) is 55.2 Å². The van der Waals surface area contributed by atoms with Crippen molar-refractivity contribution < 1.29 is 19.0 Å². The molecule has 6 rings (SSSR count). The van der Waals surface area contributed by atoms with E-state index in [2.05, 4.69) is 31.2 Å². The minimum Gasteiger partial charge on any atom is -0.462 e. The molecule has 4 saturated carbocycles. The molecule has 0 saturated heterocycles. The summed E-state index contributed by atoms with van der Waals surface area (Å²) in [6, 6.07) is 14.9. The molecule has 0 radical (unpaired) electrons. The normalized spacial score (nSPS) is 26.5. The van der Waals surface area contributed by atoms with Crippen LogP contribution in [0.15, 0.2) is 42.5 Å². The van der Waals surface area contributed by atoms with Gasteiger partial charge in [-0.2, -0.15) is 0 Å². The molecule has 0 aromatic heterocycles. The topological polar surface area (TPSA) is 44.8 Å². The van der Waals surface area contributed by atoms with Crippen molar-refractivity contribution in [2.45, 2.75) is 70.6 Å². The average Bonchev–Trinajstić information content (AvgIpc) is 2.88. The molecule has 37 heavy (non-hydrogen) atoms. The number of allylic oxidation sites excluding steroid dienone is 1. The van der Waals surface area contributed by atoms with Gasteiger partial charge in [0.2, 0.25) is 0 Å². The van der Waals surface area contributed by atoms with Gasteiger partial charge in [-0.15, -0.1) is 0 Å². The first-order valence-electron chi connectivity index (χ1n) is 14.2. The molecular weight excluding hydrogens is 460 g/mol. The minimum atomic E-state index is -0.266. The quantitative estimate of drug-likeness (QED) is 0.139. The van der Waals surface area contributed by atoms with Gasteiger partial charge in [0, 0.05) is 13.7 Å². The second kappa shape index (κ2) is 11.5. The average molecular weight is 503 g/mol. The molecule has 0 unspecified atom stereocenters. The molecule has 0 atom stereocenters. The van der Waals surface area contributed by atoms with Gasteiger partial charge in [0.05, 0.1) is 12.2 Å². The molecule has 4 aliphatic rings. The van der Waals surface area contributed by atoms with Crippen LogP contribution in [0.4, 0.5) is 0 Å². The van der Waals surface area contributed by atoms with Gasteiger partial charge in [-0.3, -0.25) is 0 Å². The Morgan fingerprint density at radius 3 is 2.24 bits per heavy atom. The van der Waals surface area contributed by atoms with Gasteiger partial charge in [-0.25, -0.2) is 4.79 Å². The number of benzene rings is 2. The predicted molar refractivity (Wildman–Crippen MR) is 148 cm³/mol. The molecule has 0 spiro atoms. The van der Waals surface area contributed by atoms with Crippen LogP contribution in [0.3, 0.4) is 0 Å². The number of carbonyl (C=O) groups excluding carboxylic acids is 1. The molecule has 4 fully saturated rings. The summed E-state index contributed by atoms with van der Waals surface area (Å²) in [7, 11) is 1.68. The molecule has 4 aliphatic carbocycles. The maximum atomic E-state index is 12.0. The zero-order valence-electron chi connectivity index (χ0n) is 22.8. The van der Waals surface area contributed by atoms with Crippen molar-refractivity contribution in [3.05, 3.63) is 70.3 Å². The zero-order chi connectivity index (χ0) is 25.8. The highest BCUT2D eigenvalue weighted by Gasteiger charge is 2.52. The monoisotopic (exact) mass is 502 g/mol. The fraction of sp³-hybridized carbons (Fsp3) is 0.545. The number of aryl methyl sites for hydroxylation is 1. The molecule has 0 N–H and O–H groups in total. The number of hydrogen-bond acceptors (Lipinski definition) is 4. The highest BCUT2D eigenvalue weighted by atomic mass is 16.7. The van der Waals surface area contributed by atoms with Crippen molar-refractivity contribution in [3.63, 3.8) is 0 Å². The van der Waals surface area contributed by atoms with Crippen LogP contribution < -0.4 is 0 Å². The Balaban J connectivity index is 1.41. The third-order valence-electron chi connectivity index (χ3n) is 8.92. The molecule has 4 bridgehead atoms. The first kappa shape index (κ1) is 26.2. The van der Waals surface area contributed by atoms with Gasteiger partial charge in [0.1, 0.15) is 6.79 Å². The Morgan fingerprint density at radius 2 is 1.62 bits per heavy atom. The molecule has 0 heterocycles. The molecular formula is C33H42O4. The van der Waals surface area contributed by atoms with Gasteiger partial charge in [-0.1, -0.05) is 36.4 Å². The van der Waals surface area contributed by atoms with Crippen molar-refractivity contribution in [3.8, 4) is 0 Å². The van der Waals surface area contributed by atoms with Crippen LogP contribution in [-0.4, -0.2) is 33.1 Å². The summed E-state index contributed by atoms with van der Waals surface area (Å²) < 4.78 is 15.8. The molecule has 2 aromatic carbocycles. The second-order valence-electron chi connectivity index (χ2n) is 11.7. The standard InChI is InChI=1S/C33H42O4/c1-4-37-32(34)29-9-7-24(8-10-29)14-23(2)30-12-11-28(6-5-13-36-22-35-3)31(18-30)33-19-25-15-26(20-33)17-27(16-25)21-33/h7-12,14,18,25-27H,4-6,13,15-17,19-22H2,1-3H3/b23-14+. The van der Waals surface area contributed by atoms with Crippen LogP contribution in [0.1, 0.15) is 91.4 Å². The lowest BCUT2D eigenvalue weighted by atomic mass is 9.47. The maximum absolute atomic E-state index is 12.0. The lowest BCUT2D eigenvalue weighted by Gasteiger charge is -2.57. The zero-order valence-corrected chi connectivity index (χ0v) is 22.8. The van der Waals surface area contributed by atoms with E-state index in [0.717, 1.165) is 42.8 Å². The van der Waals surface area contributed by atoms with Crippen LogP contribution in [0.25, 0.3) is 11.6 Å². The van der Waals surface area contributed by atoms with Crippen molar-refractivity contribution in [2.24, 2.45) is 17.8 Å². The van der Waals surface area contributed by atoms with Crippen LogP contribution in [0, 0.1) is 17.8 Å². The lowest BCUT2D eigenvalue weighted by Crippen LogP contribution is -2.49. The summed E-state index contributed by atoms with van der Waals surface area (Å²) >= 11 is 0.